The van der Waals surface area contributed by atoms with Gasteiger partial charge < -0.3 is 33.2 Å². The van der Waals surface area contributed by atoms with Crippen LogP contribution in [0.15, 0.2) is 6.07 Å². The van der Waals surface area contributed by atoms with Crippen molar-refractivity contribution in [2.75, 3.05) is 54.1 Å². The SMILES string of the molecule is COCOc1cc(OC)c(OCOC)c(CCCCCCCCCBr)c1OCOC. The molecule has 0 bridgehead atoms. The van der Waals surface area contributed by atoms with Crippen LogP contribution >= 0.6 is 15.9 Å². The second-order valence-corrected chi connectivity index (χ2v) is 7.57. The van der Waals surface area contributed by atoms with Crippen LogP contribution in [0.2, 0.25) is 0 Å². The van der Waals surface area contributed by atoms with Crippen molar-refractivity contribution in [3.63, 3.8) is 0 Å². The summed E-state index contributed by atoms with van der Waals surface area (Å²) in [7, 11) is 6.33. The van der Waals surface area contributed by atoms with Gasteiger partial charge in [-0.05, 0) is 19.3 Å². The van der Waals surface area contributed by atoms with E-state index in [-0.39, 0.29) is 20.4 Å². The van der Waals surface area contributed by atoms with Crippen LogP contribution in [0.25, 0.3) is 0 Å². The van der Waals surface area contributed by atoms with Gasteiger partial charge in [-0.15, -0.1) is 0 Å². The van der Waals surface area contributed by atoms with Crippen LogP contribution < -0.4 is 18.9 Å². The Morgan fingerprint density at radius 3 is 1.67 bits per heavy atom. The van der Waals surface area contributed by atoms with Gasteiger partial charge in [0.2, 0.25) is 0 Å². The first-order chi connectivity index (χ1) is 14.7. The molecule has 0 radical (unpaired) electrons. The van der Waals surface area contributed by atoms with Crippen molar-refractivity contribution in [1.82, 2.24) is 0 Å². The second kappa shape index (κ2) is 17.5. The van der Waals surface area contributed by atoms with Crippen molar-refractivity contribution < 1.29 is 33.2 Å². The molecule has 7 nitrogen and oxygen atoms in total. The summed E-state index contributed by atoms with van der Waals surface area (Å²) in [6.45, 7) is 0.303. The van der Waals surface area contributed by atoms with Gasteiger partial charge in [0, 0.05) is 38.3 Å². The van der Waals surface area contributed by atoms with Gasteiger partial charge >= 0.3 is 0 Å². The molecule has 0 N–H and O–H groups in total. The molecule has 0 saturated carbocycles. The maximum atomic E-state index is 5.87. The molecule has 0 fully saturated rings. The average Bonchev–Trinajstić information content (AvgIpc) is 2.77. The molecule has 0 aliphatic carbocycles. The number of halogens is 1. The third-order valence-electron chi connectivity index (χ3n) is 4.51. The molecule has 0 heterocycles. The van der Waals surface area contributed by atoms with Crippen molar-refractivity contribution in [2.45, 2.75) is 51.4 Å². The molecule has 174 valence electrons. The fraction of sp³-hybridized carbons (Fsp3) is 0.727. The molecular formula is C22H37BrO7. The van der Waals surface area contributed by atoms with Gasteiger partial charge in [0.15, 0.2) is 43.4 Å². The van der Waals surface area contributed by atoms with Crippen molar-refractivity contribution in [3.8, 4) is 23.0 Å². The first-order valence-electron chi connectivity index (χ1n) is 10.4. The number of methoxy groups -OCH3 is 4. The number of hydrogen-bond donors (Lipinski definition) is 0. The summed E-state index contributed by atoms with van der Waals surface area (Å²) in [5.41, 5.74) is 0.883. The molecule has 30 heavy (non-hydrogen) atoms. The number of hydrogen-bond acceptors (Lipinski definition) is 7. The Morgan fingerprint density at radius 2 is 1.13 bits per heavy atom. The van der Waals surface area contributed by atoms with E-state index in [1.807, 2.05) is 0 Å². The van der Waals surface area contributed by atoms with Crippen molar-refractivity contribution >= 4 is 15.9 Å². The van der Waals surface area contributed by atoms with Gasteiger partial charge in [0.05, 0.1) is 7.11 Å². The van der Waals surface area contributed by atoms with Gasteiger partial charge in [-0.2, -0.15) is 0 Å². The van der Waals surface area contributed by atoms with Crippen LogP contribution in [0.4, 0.5) is 0 Å². The number of ether oxygens (including phenoxy) is 7. The summed E-state index contributed by atoms with van der Waals surface area (Å²) in [5.74, 6) is 2.28. The number of alkyl halides is 1. The third-order valence-corrected chi connectivity index (χ3v) is 5.07. The minimum absolute atomic E-state index is 0.0958. The third kappa shape index (κ3) is 9.73. The number of rotatable bonds is 19. The lowest BCUT2D eigenvalue weighted by atomic mass is 10.0. The van der Waals surface area contributed by atoms with Crippen molar-refractivity contribution in [2.24, 2.45) is 0 Å². The standard InChI is InChI=1S/C22H37BrO7/c1-24-15-28-20-14-19(27-4)21(29-16-25-2)18(22(20)30-17-26-3)12-10-8-6-5-7-9-11-13-23/h14H,5-13,15-17H2,1-4H3. The van der Waals surface area contributed by atoms with E-state index in [0.29, 0.717) is 23.0 Å². The predicted octanol–water partition coefficient (Wildman–Crippen LogP) is 5.31. The van der Waals surface area contributed by atoms with Gasteiger partial charge in [0.1, 0.15) is 0 Å². The molecule has 0 aliphatic heterocycles. The quantitative estimate of drug-likeness (QED) is 0.147. The Bertz CT molecular complexity index is 569. The van der Waals surface area contributed by atoms with E-state index in [1.54, 1.807) is 34.5 Å². The van der Waals surface area contributed by atoms with Crippen LogP contribution in [-0.4, -0.2) is 54.1 Å². The van der Waals surface area contributed by atoms with Crippen molar-refractivity contribution in [1.29, 1.82) is 0 Å². The summed E-state index contributed by atoms with van der Waals surface area (Å²) in [6, 6.07) is 1.74. The first kappa shape index (κ1) is 26.8. The zero-order valence-corrected chi connectivity index (χ0v) is 20.4. The Kier molecular flexibility index (Phi) is 15.6. The minimum atomic E-state index is 0.0958. The van der Waals surface area contributed by atoms with Gasteiger partial charge in [-0.3, -0.25) is 0 Å². The molecule has 0 aromatic heterocycles. The maximum absolute atomic E-state index is 5.87. The lowest BCUT2D eigenvalue weighted by molar-refractivity contribution is 0.0292. The highest BCUT2D eigenvalue weighted by atomic mass is 79.9. The highest BCUT2D eigenvalue weighted by Crippen LogP contribution is 2.45. The maximum Gasteiger partial charge on any atom is 0.188 e. The van der Waals surface area contributed by atoms with E-state index in [0.717, 1.165) is 30.2 Å². The lowest BCUT2D eigenvalue weighted by Gasteiger charge is -2.21. The summed E-state index contributed by atoms with van der Waals surface area (Å²) in [4.78, 5) is 0. The van der Waals surface area contributed by atoms with Crippen LogP contribution in [-0.2, 0) is 20.6 Å². The van der Waals surface area contributed by atoms with Gasteiger partial charge in [-0.1, -0.05) is 48.0 Å². The fourth-order valence-electron chi connectivity index (χ4n) is 3.09. The van der Waals surface area contributed by atoms with E-state index in [9.17, 15) is 0 Å². The molecule has 0 amide bonds. The largest absolute Gasteiger partial charge is 0.493 e. The topological polar surface area (TPSA) is 64.6 Å². The Labute approximate surface area is 189 Å². The average molecular weight is 493 g/mol. The van der Waals surface area contributed by atoms with E-state index in [1.165, 1.54) is 32.1 Å². The summed E-state index contributed by atoms with van der Waals surface area (Å²) in [6.07, 6.45) is 9.18. The van der Waals surface area contributed by atoms with Gasteiger partial charge in [-0.25, -0.2) is 0 Å². The molecule has 0 aliphatic rings. The highest BCUT2D eigenvalue weighted by Gasteiger charge is 2.23. The van der Waals surface area contributed by atoms with Crippen LogP contribution in [0.5, 0.6) is 23.0 Å². The second-order valence-electron chi connectivity index (χ2n) is 6.78. The normalized spacial score (nSPS) is 10.8. The Balaban J connectivity index is 2.99. The molecule has 0 atom stereocenters. The smallest absolute Gasteiger partial charge is 0.188 e. The van der Waals surface area contributed by atoms with E-state index >= 15 is 0 Å². The zero-order valence-electron chi connectivity index (χ0n) is 18.8. The Hall–Kier alpha value is -1.22. The van der Waals surface area contributed by atoms with E-state index < -0.39 is 0 Å². The number of benzene rings is 1. The molecule has 1 aromatic rings. The monoisotopic (exact) mass is 492 g/mol. The zero-order chi connectivity index (χ0) is 22.0. The highest BCUT2D eigenvalue weighted by molar-refractivity contribution is 9.09. The Morgan fingerprint density at radius 1 is 0.633 bits per heavy atom. The molecular weight excluding hydrogens is 456 g/mol. The first-order valence-corrected chi connectivity index (χ1v) is 11.5. The summed E-state index contributed by atoms with van der Waals surface area (Å²) >= 11 is 3.48. The van der Waals surface area contributed by atoms with Crippen LogP contribution in [0.3, 0.4) is 0 Å². The van der Waals surface area contributed by atoms with E-state index in [2.05, 4.69) is 15.9 Å². The molecule has 1 aromatic carbocycles. The molecule has 1 rings (SSSR count). The molecule has 0 spiro atoms. The van der Waals surface area contributed by atoms with Gasteiger partial charge in [0.25, 0.3) is 0 Å². The number of unbranched alkanes of at least 4 members (excludes halogenated alkanes) is 6. The predicted molar refractivity (Wildman–Crippen MR) is 120 cm³/mol. The minimum Gasteiger partial charge on any atom is -0.493 e. The molecule has 0 saturated heterocycles. The lowest BCUT2D eigenvalue weighted by Crippen LogP contribution is -2.10. The van der Waals surface area contributed by atoms with Crippen LogP contribution in [0, 0.1) is 0 Å². The summed E-state index contributed by atoms with van der Waals surface area (Å²) < 4.78 is 38.3. The van der Waals surface area contributed by atoms with Crippen LogP contribution in [0.1, 0.15) is 50.5 Å². The fourth-order valence-corrected chi connectivity index (χ4v) is 3.49. The van der Waals surface area contributed by atoms with Crippen molar-refractivity contribution in [3.05, 3.63) is 11.6 Å². The van der Waals surface area contributed by atoms with E-state index in [4.69, 9.17) is 33.2 Å². The summed E-state index contributed by atoms with van der Waals surface area (Å²) in [5, 5.41) is 1.09. The molecule has 8 heteroatoms. The molecule has 0 unspecified atom stereocenters.